The van der Waals surface area contributed by atoms with Gasteiger partial charge in [-0.05, 0) is 31.0 Å². The SMILES string of the molecule is CCCN(CCC)C(=O)c1cc(NS(C)(=O)=O)cc(C(N)=O)c1. The van der Waals surface area contributed by atoms with Gasteiger partial charge in [0.15, 0.2) is 0 Å². The van der Waals surface area contributed by atoms with Crippen molar-refractivity contribution in [3.8, 4) is 0 Å². The Kier molecular flexibility index (Phi) is 6.56. The molecule has 0 unspecified atom stereocenters. The van der Waals surface area contributed by atoms with E-state index >= 15 is 0 Å². The number of benzene rings is 1. The molecule has 0 fully saturated rings. The highest BCUT2D eigenvalue weighted by atomic mass is 32.2. The maximum atomic E-state index is 12.6. The molecule has 0 aliphatic heterocycles. The fraction of sp³-hybridized carbons (Fsp3) is 0.467. The van der Waals surface area contributed by atoms with Crippen LogP contribution in [-0.2, 0) is 10.0 Å². The number of carbonyl (C=O) groups is 2. The summed E-state index contributed by atoms with van der Waals surface area (Å²) in [7, 11) is -3.53. The van der Waals surface area contributed by atoms with E-state index in [1.165, 1.54) is 18.2 Å². The van der Waals surface area contributed by atoms with Crippen molar-refractivity contribution in [3.05, 3.63) is 29.3 Å². The zero-order valence-electron chi connectivity index (χ0n) is 13.6. The number of anilines is 1. The van der Waals surface area contributed by atoms with Gasteiger partial charge in [0, 0.05) is 24.2 Å². The topological polar surface area (TPSA) is 110 Å². The Hall–Kier alpha value is -2.09. The summed E-state index contributed by atoms with van der Waals surface area (Å²) in [5.74, 6) is -0.984. The Balaban J connectivity index is 3.27. The molecule has 0 atom stereocenters. The molecular formula is C15H23N3O4S. The van der Waals surface area contributed by atoms with Crippen molar-refractivity contribution in [2.75, 3.05) is 24.1 Å². The molecule has 0 aliphatic rings. The Morgan fingerprint density at radius 1 is 1.09 bits per heavy atom. The van der Waals surface area contributed by atoms with Crippen molar-refractivity contribution in [2.45, 2.75) is 26.7 Å². The van der Waals surface area contributed by atoms with Crippen LogP contribution in [0, 0.1) is 0 Å². The first kappa shape index (κ1) is 19.0. The normalized spacial score (nSPS) is 11.1. The van der Waals surface area contributed by atoms with Crippen LogP contribution in [0.4, 0.5) is 5.69 Å². The number of hydrogen-bond donors (Lipinski definition) is 2. The lowest BCUT2D eigenvalue weighted by Crippen LogP contribution is -2.32. The number of hydrogen-bond acceptors (Lipinski definition) is 4. The van der Waals surface area contributed by atoms with E-state index in [1.807, 2.05) is 13.8 Å². The van der Waals surface area contributed by atoms with Gasteiger partial charge in [-0.3, -0.25) is 14.3 Å². The van der Waals surface area contributed by atoms with Crippen LogP contribution < -0.4 is 10.5 Å². The van der Waals surface area contributed by atoms with Crippen LogP contribution in [-0.4, -0.2) is 44.5 Å². The Bertz CT molecular complexity index is 680. The van der Waals surface area contributed by atoms with Crippen LogP contribution >= 0.6 is 0 Å². The van der Waals surface area contributed by atoms with Crippen molar-refractivity contribution in [3.63, 3.8) is 0 Å². The van der Waals surface area contributed by atoms with Crippen molar-refractivity contribution < 1.29 is 18.0 Å². The first-order valence-electron chi connectivity index (χ1n) is 7.39. The van der Waals surface area contributed by atoms with Crippen LogP contribution in [0.5, 0.6) is 0 Å². The van der Waals surface area contributed by atoms with E-state index < -0.39 is 15.9 Å². The molecule has 3 N–H and O–H groups in total. The third kappa shape index (κ3) is 5.90. The average Bonchev–Trinajstić information content (AvgIpc) is 2.44. The summed E-state index contributed by atoms with van der Waals surface area (Å²) in [5, 5.41) is 0. The quantitative estimate of drug-likeness (QED) is 0.745. The second-order valence-electron chi connectivity index (χ2n) is 5.33. The fourth-order valence-corrected chi connectivity index (χ4v) is 2.75. The van der Waals surface area contributed by atoms with Crippen molar-refractivity contribution >= 4 is 27.5 Å². The first-order chi connectivity index (χ1) is 10.7. The minimum Gasteiger partial charge on any atom is -0.366 e. The number of nitrogens with two attached hydrogens (primary N) is 1. The average molecular weight is 341 g/mol. The third-order valence-electron chi connectivity index (χ3n) is 3.04. The van der Waals surface area contributed by atoms with Gasteiger partial charge in [0.05, 0.1) is 11.9 Å². The van der Waals surface area contributed by atoms with Gasteiger partial charge in [0.2, 0.25) is 15.9 Å². The summed E-state index contributed by atoms with van der Waals surface area (Å²) in [6.45, 7) is 5.10. The van der Waals surface area contributed by atoms with Gasteiger partial charge in [-0.25, -0.2) is 8.42 Å². The van der Waals surface area contributed by atoms with Gasteiger partial charge >= 0.3 is 0 Å². The number of sulfonamides is 1. The molecule has 0 heterocycles. The van der Waals surface area contributed by atoms with E-state index in [9.17, 15) is 18.0 Å². The molecule has 1 aromatic rings. The number of nitrogens with one attached hydrogen (secondary N) is 1. The maximum absolute atomic E-state index is 12.6. The van der Waals surface area contributed by atoms with Gasteiger partial charge < -0.3 is 10.6 Å². The van der Waals surface area contributed by atoms with Crippen LogP contribution in [0.3, 0.4) is 0 Å². The molecule has 1 aromatic carbocycles. The zero-order chi connectivity index (χ0) is 17.6. The number of rotatable bonds is 8. The highest BCUT2D eigenvalue weighted by Crippen LogP contribution is 2.18. The Morgan fingerprint density at radius 2 is 1.61 bits per heavy atom. The van der Waals surface area contributed by atoms with E-state index in [0.717, 1.165) is 19.1 Å². The molecule has 0 aromatic heterocycles. The Labute approximate surface area is 136 Å². The second kappa shape index (κ2) is 7.96. The molecule has 0 radical (unpaired) electrons. The molecule has 23 heavy (non-hydrogen) atoms. The molecule has 0 saturated carbocycles. The highest BCUT2D eigenvalue weighted by molar-refractivity contribution is 7.92. The monoisotopic (exact) mass is 341 g/mol. The molecule has 0 aliphatic carbocycles. The summed E-state index contributed by atoms with van der Waals surface area (Å²) in [4.78, 5) is 25.7. The maximum Gasteiger partial charge on any atom is 0.253 e. The van der Waals surface area contributed by atoms with E-state index in [0.29, 0.717) is 13.1 Å². The molecule has 2 amide bonds. The van der Waals surface area contributed by atoms with E-state index in [-0.39, 0.29) is 22.7 Å². The summed E-state index contributed by atoms with van der Waals surface area (Å²) in [6, 6.07) is 4.11. The lowest BCUT2D eigenvalue weighted by molar-refractivity contribution is 0.0755. The Morgan fingerprint density at radius 3 is 2.04 bits per heavy atom. The smallest absolute Gasteiger partial charge is 0.253 e. The molecule has 8 heteroatoms. The predicted octanol–water partition coefficient (Wildman–Crippen LogP) is 1.42. The second-order valence-corrected chi connectivity index (χ2v) is 7.08. The van der Waals surface area contributed by atoms with Gasteiger partial charge in [-0.1, -0.05) is 13.8 Å². The standard InChI is InChI=1S/C15H23N3O4S/c1-4-6-18(7-5-2)15(20)12-8-11(14(16)19)9-13(10-12)17-23(3,21)22/h8-10,17H,4-7H2,1-3H3,(H2,16,19). The molecule has 7 nitrogen and oxygen atoms in total. The lowest BCUT2D eigenvalue weighted by atomic mass is 10.1. The van der Waals surface area contributed by atoms with Crippen molar-refractivity contribution in [1.29, 1.82) is 0 Å². The minimum atomic E-state index is -3.53. The fourth-order valence-electron chi connectivity index (χ4n) is 2.20. The van der Waals surface area contributed by atoms with Crippen LogP contribution in [0.2, 0.25) is 0 Å². The van der Waals surface area contributed by atoms with E-state index in [1.54, 1.807) is 4.90 Å². The summed E-state index contributed by atoms with van der Waals surface area (Å²) < 4.78 is 25.0. The summed E-state index contributed by atoms with van der Waals surface area (Å²) in [6.07, 6.45) is 2.59. The lowest BCUT2D eigenvalue weighted by Gasteiger charge is -2.22. The van der Waals surface area contributed by atoms with Gasteiger partial charge in [0.1, 0.15) is 0 Å². The molecule has 0 spiro atoms. The molecule has 0 saturated heterocycles. The van der Waals surface area contributed by atoms with Crippen LogP contribution in [0.15, 0.2) is 18.2 Å². The number of amides is 2. The summed E-state index contributed by atoms with van der Waals surface area (Å²) in [5.41, 5.74) is 5.72. The zero-order valence-corrected chi connectivity index (χ0v) is 14.4. The van der Waals surface area contributed by atoms with E-state index in [4.69, 9.17) is 5.73 Å². The third-order valence-corrected chi connectivity index (χ3v) is 3.65. The van der Waals surface area contributed by atoms with Gasteiger partial charge in [-0.15, -0.1) is 0 Å². The van der Waals surface area contributed by atoms with Crippen LogP contribution in [0.25, 0.3) is 0 Å². The molecular weight excluding hydrogens is 318 g/mol. The van der Waals surface area contributed by atoms with Gasteiger partial charge in [0.25, 0.3) is 5.91 Å². The number of nitrogens with zero attached hydrogens (tertiary/aromatic N) is 1. The van der Waals surface area contributed by atoms with Crippen LogP contribution in [0.1, 0.15) is 47.4 Å². The molecule has 1 rings (SSSR count). The molecule has 0 bridgehead atoms. The largest absolute Gasteiger partial charge is 0.366 e. The van der Waals surface area contributed by atoms with E-state index in [2.05, 4.69) is 4.72 Å². The summed E-state index contributed by atoms with van der Waals surface area (Å²) >= 11 is 0. The molecule has 128 valence electrons. The predicted molar refractivity (Wildman–Crippen MR) is 89.9 cm³/mol. The highest BCUT2D eigenvalue weighted by Gasteiger charge is 2.18. The number of primary amides is 1. The van der Waals surface area contributed by atoms with Crippen molar-refractivity contribution in [1.82, 2.24) is 4.90 Å². The number of carbonyl (C=O) groups excluding carboxylic acids is 2. The minimum absolute atomic E-state index is 0.0787. The van der Waals surface area contributed by atoms with Crippen molar-refractivity contribution in [2.24, 2.45) is 5.73 Å². The first-order valence-corrected chi connectivity index (χ1v) is 9.29. The van der Waals surface area contributed by atoms with Gasteiger partial charge in [-0.2, -0.15) is 0 Å².